The minimum absolute atomic E-state index is 0.378. The monoisotopic (exact) mass is 341 g/mol. The van der Waals surface area contributed by atoms with E-state index in [1.165, 1.54) is 19.3 Å². The van der Waals surface area contributed by atoms with E-state index in [0.29, 0.717) is 11.4 Å². The summed E-state index contributed by atoms with van der Waals surface area (Å²) >= 11 is 3.54. The standard InChI is InChI=1S/C14H24BrN5/c1-14(2,3)10-5-4-7-20(8-6-10)12-11(15)9-17-13(18-12)19-16/h9-10H,4-8,16H2,1-3H3,(H,17,18,19). The Hall–Kier alpha value is -0.880. The molecule has 1 aliphatic heterocycles. The first-order valence-electron chi connectivity index (χ1n) is 7.16. The van der Waals surface area contributed by atoms with Crippen molar-refractivity contribution >= 4 is 27.7 Å². The average Bonchev–Trinajstić information content (AvgIpc) is 2.64. The van der Waals surface area contributed by atoms with Crippen molar-refractivity contribution in [1.29, 1.82) is 0 Å². The summed E-state index contributed by atoms with van der Waals surface area (Å²) in [6.07, 6.45) is 5.43. The summed E-state index contributed by atoms with van der Waals surface area (Å²) in [5.41, 5.74) is 2.89. The molecule has 20 heavy (non-hydrogen) atoms. The van der Waals surface area contributed by atoms with Crippen LogP contribution in [0.4, 0.5) is 11.8 Å². The van der Waals surface area contributed by atoms with E-state index in [-0.39, 0.29) is 0 Å². The third kappa shape index (κ3) is 3.61. The Morgan fingerprint density at radius 1 is 1.35 bits per heavy atom. The summed E-state index contributed by atoms with van der Waals surface area (Å²) in [5.74, 6) is 7.55. The molecule has 0 radical (unpaired) electrons. The molecule has 1 aromatic rings. The molecule has 3 N–H and O–H groups in total. The van der Waals surface area contributed by atoms with E-state index in [9.17, 15) is 0 Å². The molecule has 1 unspecified atom stereocenters. The molecule has 0 saturated carbocycles. The van der Waals surface area contributed by atoms with Crippen molar-refractivity contribution in [2.24, 2.45) is 17.2 Å². The predicted octanol–water partition coefficient (Wildman–Crippen LogP) is 3.18. The third-order valence-corrected chi connectivity index (χ3v) is 4.67. The summed E-state index contributed by atoms with van der Waals surface area (Å²) in [7, 11) is 0. The van der Waals surface area contributed by atoms with Crippen LogP contribution < -0.4 is 16.2 Å². The molecule has 0 amide bonds. The number of nitrogens with two attached hydrogens (primary N) is 1. The van der Waals surface area contributed by atoms with Crippen molar-refractivity contribution in [3.05, 3.63) is 10.7 Å². The van der Waals surface area contributed by atoms with Crippen LogP contribution in [0.15, 0.2) is 10.7 Å². The molecular formula is C14H24BrN5. The van der Waals surface area contributed by atoms with Crippen LogP contribution in [0.5, 0.6) is 0 Å². The zero-order valence-corrected chi connectivity index (χ0v) is 14.1. The lowest BCUT2D eigenvalue weighted by atomic mass is 9.77. The highest BCUT2D eigenvalue weighted by atomic mass is 79.9. The Labute approximate surface area is 129 Å². The van der Waals surface area contributed by atoms with Gasteiger partial charge in [-0.15, -0.1) is 0 Å². The number of hydrogen-bond acceptors (Lipinski definition) is 5. The molecule has 1 fully saturated rings. The van der Waals surface area contributed by atoms with Gasteiger partial charge >= 0.3 is 0 Å². The number of anilines is 2. The highest BCUT2D eigenvalue weighted by Crippen LogP contribution is 2.36. The lowest BCUT2D eigenvalue weighted by molar-refractivity contribution is 0.220. The minimum atomic E-state index is 0.378. The second-order valence-corrected chi connectivity index (χ2v) is 7.34. The van der Waals surface area contributed by atoms with Gasteiger partial charge in [0.2, 0.25) is 5.95 Å². The van der Waals surface area contributed by atoms with E-state index in [4.69, 9.17) is 5.84 Å². The van der Waals surface area contributed by atoms with Crippen molar-refractivity contribution < 1.29 is 0 Å². The van der Waals surface area contributed by atoms with Crippen LogP contribution in [0, 0.1) is 11.3 Å². The smallest absolute Gasteiger partial charge is 0.239 e. The zero-order chi connectivity index (χ0) is 14.8. The Kier molecular flexibility index (Phi) is 4.86. The maximum Gasteiger partial charge on any atom is 0.239 e. The number of halogens is 1. The van der Waals surface area contributed by atoms with Gasteiger partial charge in [-0.05, 0) is 46.5 Å². The number of hydrazine groups is 1. The summed E-state index contributed by atoms with van der Waals surface area (Å²) < 4.78 is 0.922. The van der Waals surface area contributed by atoms with Crippen LogP contribution in [-0.2, 0) is 0 Å². The van der Waals surface area contributed by atoms with Crippen LogP contribution >= 0.6 is 15.9 Å². The van der Waals surface area contributed by atoms with Gasteiger partial charge in [-0.25, -0.2) is 10.8 Å². The maximum atomic E-state index is 5.40. The topological polar surface area (TPSA) is 67.1 Å². The van der Waals surface area contributed by atoms with Crippen molar-refractivity contribution in [2.45, 2.75) is 40.0 Å². The molecule has 0 aliphatic carbocycles. The SMILES string of the molecule is CC(C)(C)C1CCCN(c2nc(NN)ncc2Br)CC1. The fourth-order valence-corrected chi connectivity index (χ4v) is 3.27. The van der Waals surface area contributed by atoms with Gasteiger partial charge in [-0.1, -0.05) is 20.8 Å². The van der Waals surface area contributed by atoms with Gasteiger partial charge in [0.25, 0.3) is 0 Å². The molecule has 6 heteroatoms. The molecule has 0 aromatic carbocycles. The Balaban J connectivity index is 2.14. The fraction of sp³-hybridized carbons (Fsp3) is 0.714. The molecule has 2 rings (SSSR count). The van der Waals surface area contributed by atoms with Crippen LogP contribution in [0.1, 0.15) is 40.0 Å². The van der Waals surface area contributed by atoms with Crippen molar-refractivity contribution in [1.82, 2.24) is 9.97 Å². The van der Waals surface area contributed by atoms with E-state index in [1.807, 2.05) is 0 Å². The quantitative estimate of drug-likeness (QED) is 0.638. The minimum Gasteiger partial charge on any atom is -0.356 e. The maximum absolute atomic E-state index is 5.40. The van der Waals surface area contributed by atoms with Gasteiger partial charge in [0.1, 0.15) is 5.82 Å². The van der Waals surface area contributed by atoms with E-state index >= 15 is 0 Å². The highest BCUT2D eigenvalue weighted by molar-refractivity contribution is 9.10. The molecule has 0 bridgehead atoms. The van der Waals surface area contributed by atoms with Crippen molar-refractivity contribution in [3.8, 4) is 0 Å². The molecule has 2 heterocycles. The van der Waals surface area contributed by atoms with Gasteiger partial charge in [0, 0.05) is 19.3 Å². The first kappa shape index (κ1) is 15.5. The van der Waals surface area contributed by atoms with E-state index in [1.54, 1.807) is 6.20 Å². The first-order chi connectivity index (χ1) is 9.41. The Bertz CT molecular complexity index is 457. The van der Waals surface area contributed by atoms with Gasteiger partial charge in [-0.3, -0.25) is 5.43 Å². The largest absolute Gasteiger partial charge is 0.356 e. The highest BCUT2D eigenvalue weighted by Gasteiger charge is 2.28. The number of nitrogens with one attached hydrogen (secondary N) is 1. The van der Waals surface area contributed by atoms with Crippen LogP contribution in [0.25, 0.3) is 0 Å². The second kappa shape index (κ2) is 6.26. The number of nitrogens with zero attached hydrogens (tertiary/aromatic N) is 3. The lowest BCUT2D eigenvalue weighted by Crippen LogP contribution is -2.27. The van der Waals surface area contributed by atoms with Crippen LogP contribution in [0.3, 0.4) is 0 Å². The summed E-state index contributed by atoms with van der Waals surface area (Å²) in [4.78, 5) is 10.9. The van der Waals surface area contributed by atoms with Gasteiger partial charge in [-0.2, -0.15) is 4.98 Å². The fourth-order valence-electron chi connectivity index (χ4n) is 2.82. The molecular weight excluding hydrogens is 318 g/mol. The molecule has 5 nitrogen and oxygen atoms in total. The Morgan fingerprint density at radius 2 is 2.10 bits per heavy atom. The molecule has 1 aliphatic rings. The van der Waals surface area contributed by atoms with Gasteiger partial charge < -0.3 is 4.90 Å². The van der Waals surface area contributed by atoms with E-state index < -0.39 is 0 Å². The number of hydrogen-bond donors (Lipinski definition) is 2. The van der Waals surface area contributed by atoms with Gasteiger partial charge in [0.15, 0.2) is 0 Å². The van der Waals surface area contributed by atoms with Crippen LogP contribution in [-0.4, -0.2) is 23.1 Å². The van der Waals surface area contributed by atoms with Crippen LogP contribution in [0.2, 0.25) is 0 Å². The lowest BCUT2D eigenvalue weighted by Gasteiger charge is -2.30. The van der Waals surface area contributed by atoms with E-state index in [2.05, 4.69) is 57.0 Å². The summed E-state index contributed by atoms with van der Waals surface area (Å²) in [6, 6.07) is 0. The van der Waals surface area contributed by atoms with Gasteiger partial charge in [0.05, 0.1) is 4.47 Å². The number of nitrogen functional groups attached to an aromatic ring is 1. The molecule has 1 saturated heterocycles. The summed E-state index contributed by atoms with van der Waals surface area (Å²) in [5, 5.41) is 0. The van der Waals surface area contributed by atoms with E-state index in [0.717, 1.165) is 29.3 Å². The van der Waals surface area contributed by atoms with Crippen molar-refractivity contribution in [2.75, 3.05) is 23.4 Å². The first-order valence-corrected chi connectivity index (χ1v) is 7.95. The molecule has 0 spiro atoms. The third-order valence-electron chi connectivity index (χ3n) is 4.11. The number of aromatic nitrogens is 2. The Morgan fingerprint density at radius 3 is 2.75 bits per heavy atom. The summed E-state index contributed by atoms with van der Waals surface area (Å²) in [6.45, 7) is 9.08. The molecule has 1 aromatic heterocycles. The van der Waals surface area contributed by atoms with Crippen molar-refractivity contribution in [3.63, 3.8) is 0 Å². The number of rotatable bonds is 2. The molecule has 1 atom stereocenters. The normalized spacial score (nSPS) is 20.6. The average molecular weight is 342 g/mol. The predicted molar refractivity (Wildman–Crippen MR) is 86.6 cm³/mol. The second-order valence-electron chi connectivity index (χ2n) is 6.49. The zero-order valence-electron chi connectivity index (χ0n) is 12.5. The molecule has 112 valence electrons.